The van der Waals surface area contributed by atoms with Gasteiger partial charge in [0.15, 0.2) is 0 Å². The average molecular weight is 353 g/mol. The summed E-state index contributed by atoms with van der Waals surface area (Å²) in [5, 5.41) is 1.01. The van der Waals surface area contributed by atoms with Gasteiger partial charge in [0.1, 0.15) is 0 Å². The third-order valence-corrected chi connectivity index (χ3v) is 4.78. The molecule has 0 saturated heterocycles. The zero-order valence-corrected chi connectivity index (χ0v) is 14.6. The molecule has 0 unspecified atom stereocenters. The molecule has 0 saturated carbocycles. The van der Waals surface area contributed by atoms with E-state index in [4.69, 9.17) is 0 Å². The highest BCUT2D eigenvalue weighted by molar-refractivity contribution is 5.86. The van der Waals surface area contributed by atoms with Crippen LogP contribution in [0.25, 0.3) is 33.1 Å². The number of para-hydroxylation sites is 2. The van der Waals surface area contributed by atoms with E-state index >= 15 is 0 Å². The SMILES string of the molecule is Cc1ccc2c(=O)c3nc4ccccc4c(=O)n3n(-c3ccccc3)c2c1. The minimum Gasteiger partial charge on any atom is -0.285 e. The lowest BCUT2D eigenvalue weighted by Crippen LogP contribution is -2.29. The first kappa shape index (κ1) is 15.5. The number of fused-ring (bicyclic) bond motifs is 3. The van der Waals surface area contributed by atoms with Gasteiger partial charge in [-0.15, -0.1) is 0 Å². The van der Waals surface area contributed by atoms with Crippen LogP contribution < -0.4 is 11.0 Å². The zero-order valence-electron chi connectivity index (χ0n) is 14.6. The molecular weight excluding hydrogens is 338 g/mol. The van der Waals surface area contributed by atoms with Gasteiger partial charge in [-0.1, -0.05) is 36.4 Å². The topological polar surface area (TPSA) is 56.4 Å². The number of hydrogen-bond donors (Lipinski definition) is 0. The molecule has 0 aliphatic rings. The number of hydrogen-bond acceptors (Lipinski definition) is 3. The lowest BCUT2D eigenvalue weighted by molar-refractivity contribution is 0.772. The molecule has 0 bridgehead atoms. The fraction of sp³-hybridized carbons (Fsp3) is 0.0455. The second kappa shape index (κ2) is 5.64. The van der Waals surface area contributed by atoms with Crippen molar-refractivity contribution >= 4 is 27.5 Å². The van der Waals surface area contributed by atoms with Gasteiger partial charge in [0, 0.05) is 0 Å². The molecule has 130 valence electrons. The Balaban J connectivity index is 2.16. The maximum absolute atomic E-state index is 13.3. The van der Waals surface area contributed by atoms with Gasteiger partial charge in [0.05, 0.1) is 27.5 Å². The van der Waals surface area contributed by atoms with E-state index in [0.717, 1.165) is 11.3 Å². The number of rotatable bonds is 1. The Hall–Kier alpha value is -3.73. The number of aryl methyl sites for hydroxylation is 1. The molecular formula is C22H15N3O2. The Morgan fingerprint density at radius 1 is 0.815 bits per heavy atom. The first-order valence-corrected chi connectivity index (χ1v) is 8.68. The Bertz CT molecular complexity index is 1460. The largest absolute Gasteiger partial charge is 0.285 e. The maximum atomic E-state index is 13.3. The van der Waals surface area contributed by atoms with Gasteiger partial charge in [-0.25, -0.2) is 9.67 Å². The molecule has 0 aliphatic carbocycles. The molecule has 27 heavy (non-hydrogen) atoms. The van der Waals surface area contributed by atoms with Crippen LogP contribution in [0.3, 0.4) is 0 Å². The van der Waals surface area contributed by atoms with Crippen LogP contribution in [0.2, 0.25) is 0 Å². The predicted molar refractivity (Wildman–Crippen MR) is 107 cm³/mol. The fourth-order valence-electron chi connectivity index (χ4n) is 3.52. The van der Waals surface area contributed by atoms with Crippen molar-refractivity contribution in [2.24, 2.45) is 0 Å². The predicted octanol–water partition coefficient (Wildman–Crippen LogP) is 3.46. The van der Waals surface area contributed by atoms with Gasteiger partial charge >= 0.3 is 0 Å². The van der Waals surface area contributed by atoms with Crippen molar-refractivity contribution in [2.45, 2.75) is 6.92 Å². The van der Waals surface area contributed by atoms with Gasteiger partial charge in [0.2, 0.25) is 11.1 Å². The normalized spacial score (nSPS) is 11.4. The van der Waals surface area contributed by atoms with Gasteiger partial charge in [-0.05, 0) is 48.9 Å². The van der Waals surface area contributed by atoms with E-state index in [9.17, 15) is 9.59 Å². The second-order valence-corrected chi connectivity index (χ2v) is 6.57. The average Bonchev–Trinajstić information content (AvgIpc) is 2.70. The summed E-state index contributed by atoms with van der Waals surface area (Å²) in [6, 6.07) is 22.3. The molecule has 2 aromatic heterocycles. The Kier molecular flexibility index (Phi) is 3.24. The van der Waals surface area contributed by atoms with E-state index in [2.05, 4.69) is 4.98 Å². The molecule has 0 fully saturated rings. The smallest absolute Gasteiger partial charge is 0.281 e. The third kappa shape index (κ3) is 2.22. The minimum absolute atomic E-state index is 0.124. The summed E-state index contributed by atoms with van der Waals surface area (Å²) in [6.45, 7) is 1.96. The first-order valence-electron chi connectivity index (χ1n) is 8.68. The summed E-state index contributed by atoms with van der Waals surface area (Å²) in [5.74, 6) is 0. The van der Waals surface area contributed by atoms with Crippen LogP contribution in [0.15, 0.2) is 82.4 Å². The maximum Gasteiger partial charge on any atom is 0.281 e. The fourth-order valence-corrected chi connectivity index (χ4v) is 3.52. The highest BCUT2D eigenvalue weighted by Crippen LogP contribution is 2.19. The van der Waals surface area contributed by atoms with Crippen LogP contribution in [-0.4, -0.2) is 14.2 Å². The highest BCUT2D eigenvalue weighted by atomic mass is 16.1. The third-order valence-electron chi connectivity index (χ3n) is 4.78. The van der Waals surface area contributed by atoms with E-state index < -0.39 is 0 Å². The van der Waals surface area contributed by atoms with Crippen LogP contribution in [0.1, 0.15) is 5.56 Å². The van der Waals surface area contributed by atoms with Crippen molar-refractivity contribution in [1.29, 1.82) is 0 Å². The van der Waals surface area contributed by atoms with Crippen LogP contribution in [0.4, 0.5) is 0 Å². The van der Waals surface area contributed by atoms with Crippen LogP contribution in [-0.2, 0) is 0 Å². The zero-order chi connectivity index (χ0) is 18.5. The van der Waals surface area contributed by atoms with Gasteiger partial charge in [-0.3, -0.25) is 9.59 Å². The van der Waals surface area contributed by atoms with Crippen molar-refractivity contribution in [1.82, 2.24) is 14.2 Å². The minimum atomic E-state index is -0.264. The molecule has 0 aliphatic heterocycles. The summed E-state index contributed by atoms with van der Waals surface area (Å²) in [6.07, 6.45) is 0. The second-order valence-electron chi connectivity index (χ2n) is 6.57. The molecule has 0 spiro atoms. The molecule has 0 N–H and O–H groups in total. The van der Waals surface area contributed by atoms with E-state index in [1.54, 1.807) is 28.9 Å². The van der Waals surface area contributed by atoms with Crippen molar-refractivity contribution in [3.8, 4) is 5.69 Å². The van der Waals surface area contributed by atoms with Crippen molar-refractivity contribution in [2.75, 3.05) is 0 Å². The van der Waals surface area contributed by atoms with Gasteiger partial charge < -0.3 is 0 Å². The number of aromatic nitrogens is 3. The lowest BCUT2D eigenvalue weighted by atomic mass is 10.1. The van der Waals surface area contributed by atoms with E-state index in [0.29, 0.717) is 21.8 Å². The Morgan fingerprint density at radius 2 is 1.56 bits per heavy atom. The van der Waals surface area contributed by atoms with Crippen LogP contribution in [0, 0.1) is 6.92 Å². The highest BCUT2D eigenvalue weighted by Gasteiger charge is 2.16. The van der Waals surface area contributed by atoms with Gasteiger partial charge in [-0.2, -0.15) is 4.52 Å². The van der Waals surface area contributed by atoms with Gasteiger partial charge in [0.25, 0.3) is 5.56 Å². The Morgan fingerprint density at radius 3 is 2.37 bits per heavy atom. The molecule has 3 aromatic carbocycles. The molecule has 5 heteroatoms. The van der Waals surface area contributed by atoms with Crippen molar-refractivity contribution in [3.05, 3.63) is 98.9 Å². The van der Waals surface area contributed by atoms with E-state index in [-0.39, 0.29) is 16.6 Å². The summed E-state index contributed by atoms with van der Waals surface area (Å²) in [5.41, 5.74) is 2.60. The summed E-state index contributed by atoms with van der Waals surface area (Å²) >= 11 is 0. The first-order chi connectivity index (χ1) is 13.1. The summed E-state index contributed by atoms with van der Waals surface area (Å²) in [4.78, 5) is 31.0. The standard InChI is InChI=1S/C22H15N3O2/c1-14-11-12-17-19(13-14)24(15-7-3-2-4-8-15)25-21(20(17)26)23-18-10-6-5-9-16(18)22(25)27/h2-13H,1H3. The monoisotopic (exact) mass is 353 g/mol. The summed E-state index contributed by atoms with van der Waals surface area (Å²) < 4.78 is 3.17. The number of benzene rings is 3. The molecule has 2 heterocycles. The van der Waals surface area contributed by atoms with Crippen molar-refractivity contribution in [3.63, 3.8) is 0 Å². The molecule has 0 atom stereocenters. The lowest BCUT2D eigenvalue weighted by Gasteiger charge is -2.16. The molecule has 5 nitrogen and oxygen atoms in total. The molecule has 0 amide bonds. The molecule has 5 aromatic rings. The number of nitrogens with zero attached hydrogens (tertiary/aromatic N) is 3. The molecule has 5 rings (SSSR count). The van der Waals surface area contributed by atoms with Crippen LogP contribution in [0.5, 0.6) is 0 Å². The van der Waals surface area contributed by atoms with Crippen molar-refractivity contribution < 1.29 is 0 Å². The van der Waals surface area contributed by atoms with E-state index in [1.165, 1.54) is 4.52 Å². The summed E-state index contributed by atoms with van der Waals surface area (Å²) in [7, 11) is 0. The van der Waals surface area contributed by atoms with E-state index in [1.807, 2.05) is 55.5 Å². The molecule has 0 radical (unpaired) electrons. The van der Waals surface area contributed by atoms with Crippen LogP contribution >= 0.6 is 0 Å². The Labute approximate surface area is 153 Å². The quantitative estimate of drug-likeness (QED) is 0.434.